The van der Waals surface area contributed by atoms with Crippen LogP contribution in [-0.4, -0.2) is 55.8 Å². The van der Waals surface area contributed by atoms with E-state index in [1.54, 1.807) is 35.2 Å². The summed E-state index contributed by atoms with van der Waals surface area (Å²) in [5.74, 6) is 0.272. The third-order valence-electron chi connectivity index (χ3n) is 4.19. The number of halogens is 1. The monoisotopic (exact) mass is 389 g/mol. The summed E-state index contributed by atoms with van der Waals surface area (Å²) in [6, 6.07) is 7.90. The second kappa shape index (κ2) is 9.52. The van der Waals surface area contributed by atoms with Gasteiger partial charge in [0.2, 0.25) is 15.9 Å². The Morgan fingerprint density at radius 3 is 2.36 bits per heavy atom. The van der Waals surface area contributed by atoms with E-state index >= 15 is 0 Å². The number of hydrogen-bond acceptors (Lipinski definition) is 4. The van der Waals surface area contributed by atoms with Crippen LogP contribution in [0.3, 0.4) is 0 Å². The zero-order valence-corrected chi connectivity index (χ0v) is 16.4. The molecule has 1 aliphatic rings. The summed E-state index contributed by atoms with van der Waals surface area (Å²) in [6.07, 6.45) is 1.26. The van der Waals surface area contributed by atoms with Gasteiger partial charge in [-0.3, -0.25) is 4.79 Å². The van der Waals surface area contributed by atoms with E-state index in [4.69, 9.17) is 5.73 Å². The number of carbonyl (C=O) groups excluding carboxylic acids is 1. The summed E-state index contributed by atoms with van der Waals surface area (Å²) in [5.41, 5.74) is 5.99. The molecule has 1 heterocycles. The molecule has 2 N–H and O–H groups in total. The molecular weight excluding hydrogens is 362 g/mol. The Hall–Kier alpha value is -1.15. The first-order chi connectivity index (χ1) is 11.3. The molecule has 0 radical (unpaired) electrons. The lowest BCUT2D eigenvalue weighted by Crippen LogP contribution is -2.46. The first-order valence-electron chi connectivity index (χ1n) is 8.42. The second-order valence-corrected chi connectivity index (χ2v) is 8.57. The number of sulfonamides is 1. The average Bonchev–Trinajstić information content (AvgIpc) is 2.81. The molecule has 1 saturated heterocycles. The number of amides is 1. The Kier molecular flexibility index (Phi) is 8.34. The molecule has 1 fully saturated rings. The third kappa shape index (κ3) is 5.67. The van der Waals surface area contributed by atoms with Gasteiger partial charge in [-0.2, -0.15) is 4.31 Å². The summed E-state index contributed by atoms with van der Waals surface area (Å²) >= 11 is 0. The van der Waals surface area contributed by atoms with Gasteiger partial charge < -0.3 is 10.6 Å². The highest BCUT2D eigenvalue weighted by atomic mass is 35.5. The van der Waals surface area contributed by atoms with E-state index in [-0.39, 0.29) is 18.3 Å². The molecule has 1 aliphatic heterocycles. The van der Waals surface area contributed by atoms with Crippen molar-refractivity contribution in [2.24, 2.45) is 11.7 Å². The van der Waals surface area contributed by atoms with Gasteiger partial charge in [-0.15, -0.1) is 12.4 Å². The maximum absolute atomic E-state index is 12.7. The zero-order chi connectivity index (χ0) is 17.7. The maximum Gasteiger partial charge on any atom is 0.243 e. The summed E-state index contributed by atoms with van der Waals surface area (Å²) in [6.45, 7) is 5.72. The van der Waals surface area contributed by atoms with Crippen molar-refractivity contribution in [2.75, 3.05) is 26.2 Å². The molecule has 0 unspecified atom stereocenters. The van der Waals surface area contributed by atoms with Crippen LogP contribution in [0.2, 0.25) is 0 Å². The van der Waals surface area contributed by atoms with Crippen molar-refractivity contribution < 1.29 is 13.2 Å². The normalized spacial score (nSPS) is 17.7. The Labute approximate surface area is 156 Å². The predicted molar refractivity (Wildman–Crippen MR) is 101 cm³/mol. The fraction of sp³-hybridized carbons (Fsp3) is 0.588. The summed E-state index contributed by atoms with van der Waals surface area (Å²) in [7, 11) is -3.51. The highest BCUT2D eigenvalue weighted by molar-refractivity contribution is 7.89. The lowest BCUT2D eigenvalue weighted by molar-refractivity contribution is -0.132. The van der Waals surface area contributed by atoms with Crippen LogP contribution in [0.25, 0.3) is 0 Å². The van der Waals surface area contributed by atoms with Gasteiger partial charge in [-0.25, -0.2) is 8.42 Å². The van der Waals surface area contributed by atoms with E-state index in [0.29, 0.717) is 49.8 Å². The largest absolute Gasteiger partial charge is 0.340 e. The molecule has 1 atom stereocenters. The second-order valence-electron chi connectivity index (χ2n) is 6.63. The van der Waals surface area contributed by atoms with Gasteiger partial charge in [0.05, 0.1) is 10.9 Å². The maximum atomic E-state index is 12.7. The predicted octanol–water partition coefficient (Wildman–Crippen LogP) is 1.70. The van der Waals surface area contributed by atoms with Crippen molar-refractivity contribution in [1.82, 2.24) is 9.21 Å². The van der Waals surface area contributed by atoms with Crippen molar-refractivity contribution in [1.29, 1.82) is 0 Å². The Bertz CT molecular complexity index is 652. The number of carbonyl (C=O) groups is 1. The Morgan fingerprint density at radius 1 is 1.12 bits per heavy atom. The van der Waals surface area contributed by atoms with Crippen LogP contribution in [0.4, 0.5) is 0 Å². The molecule has 0 bridgehead atoms. The summed E-state index contributed by atoms with van der Waals surface area (Å²) < 4.78 is 26.8. The quantitative estimate of drug-likeness (QED) is 0.830. The lowest BCUT2D eigenvalue weighted by Gasteiger charge is -2.25. The zero-order valence-electron chi connectivity index (χ0n) is 14.8. The SMILES string of the molecule is CC(C)C[C@H](N)C(=O)N1CCCN(S(=O)(=O)c2ccccc2)CC1.Cl. The molecule has 0 saturated carbocycles. The molecule has 1 aromatic carbocycles. The standard InChI is InChI=1S/C17H27N3O3S.ClH/c1-14(2)13-16(18)17(21)19-9-6-10-20(12-11-19)24(22,23)15-7-4-3-5-8-15;/h3-5,7-8,14,16H,6,9-13,18H2,1-2H3;1H/t16-;/m0./s1. The first kappa shape index (κ1) is 21.9. The molecule has 1 aromatic rings. The highest BCUT2D eigenvalue weighted by Crippen LogP contribution is 2.18. The highest BCUT2D eigenvalue weighted by Gasteiger charge is 2.29. The van der Waals surface area contributed by atoms with Crippen LogP contribution in [0.15, 0.2) is 35.2 Å². The molecule has 1 amide bonds. The van der Waals surface area contributed by atoms with Crippen LogP contribution in [0.1, 0.15) is 26.7 Å². The fourth-order valence-corrected chi connectivity index (χ4v) is 4.43. The molecule has 0 aliphatic carbocycles. The van der Waals surface area contributed by atoms with Crippen LogP contribution < -0.4 is 5.73 Å². The van der Waals surface area contributed by atoms with Crippen molar-refractivity contribution in [2.45, 2.75) is 37.6 Å². The Morgan fingerprint density at radius 2 is 1.76 bits per heavy atom. The van der Waals surface area contributed by atoms with Gasteiger partial charge in [-0.1, -0.05) is 32.0 Å². The van der Waals surface area contributed by atoms with E-state index in [1.807, 2.05) is 13.8 Å². The minimum absolute atomic E-state index is 0. The molecule has 2 rings (SSSR count). The van der Waals surface area contributed by atoms with Gasteiger partial charge >= 0.3 is 0 Å². The minimum atomic E-state index is -3.51. The van der Waals surface area contributed by atoms with E-state index < -0.39 is 16.1 Å². The van der Waals surface area contributed by atoms with Crippen molar-refractivity contribution >= 4 is 28.3 Å². The number of hydrogen-bond donors (Lipinski definition) is 1. The van der Waals surface area contributed by atoms with Gasteiger partial charge in [-0.05, 0) is 30.9 Å². The number of benzene rings is 1. The lowest BCUT2D eigenvalue weighted by atomic mass is 10.0. The fourth-order valence-electron chi connectivity index (χ4n) is 2.94. The molecule has 8 heteroatoms. The minimum Gasteiger partial charge on any atom is -0.340 e. The van der Waals surface area contributed by atoms with Crippen molar-refractivity contribution in [3.05, 3.63) is 30.3 Å². The van der Waals surface area contributed by atoms with Gasteiger partial charge in [0.1, 0.15) is 0 Å². The van der Waals surface area contributed by atoms with Crippen LogP contribution in [0.5, 0.6) is 0 Å². The number of rotatable bonds is 5. The van der Waals surface area contributed by atoms with Crippen LogP contribution in [0, 0.1) is 5.92 Å². The van der Waals surface area contributed by atoms with Gasteiger partial charge in [0.25, 0.3) is 0 Å². The third-order valence-corrected chi connectivity index (χ3v) is 6.10. The summed E-state index contributed by atoms with van der Waals surface area (Å²) in [5, 5.41) is 0. The molecule has 6 nitrogen and oxygen atoms in total. The van der Waals surface area contributed by atoms with Crippen LogP contribution >= 0.6 is 12.4 Å². The molecule has 142 valence electrons. The molecule has 0 spiro atoms. The smallest absolute Gasteiger partial charge is 0.243 e. The Balaban J connectivity index is 0.00000312. The number of nitrogens with zero attached hydrogens (tertiary/aromatic N) is 2. The van der Waals surface area contributed by atoms with Crippen molar-refractivity contribution in [3.63, 3.8) is 0 Å². The van der Waals surface area contributed by atoms with E-state index in [2.05, 4.69) is 0 Å². The van der Waals surface area contributed by atoms with E-state index in [0.717, 1.165) is 0 Å². The number of nitrogens with two attached hydrogens (primary N) is 1. The molecular formula is C17H28ClN3O3S. The molecule has 25 heavy (non-hydrogen) atoms. The summed E-state index contributed by atoms with van der Waals surface area (Å²) in [4.78, 5) is 14.4. The van der Waals surface area contributed by atoms with Crippen molar-refractivity contribution in [3.8, 4) is 0 Å². The topological polar surface area (TPSA) is 83.7 Å². The molecule has 0 aromatic heterocycles. The van der Waals surface area contributed by atoms with Gasteiger partial charge in [0, 0.05) is 26.2 Å². The van der Waals surface area contributed by atoms with Gasteiger partial charge in [0.15, 0.2) is 0 Å². The average molecular weight is 390 g/mol. The van der Waals surface area contributed by atoms with E-state index in [9.17, 15) is 13.2 Å². The van der Waals surface area contributed by atoms with E-state index in [1.165, 1.54) is 4.31 Å². The van der Waals surface area contributed by atoms with Crippen LogP contribution in [-0.2, 0) is 14.8 Å². The first-order valence-corrected chi connectivity index (χ1v) is 9.86.